The lowest BCUT2D eigenvalue weighted by atomic mass is 10.1. The van der Waals surface area contributed by atoms with E-state index in [0.717, 1.165) is 17.5 Å². The molecule has 0 saturated carbocycles. The van der Waals surface area contributed by atoms with Gasteiger partial charge in [-0.2, -0.15) is 19.6 Å². The highest BCUT2D eigenvalue weighted by molar-refractivity contribution is 7.90. The number of ether oxygens (including phenoxy) is 2. The van der Waals surface area contributed by atoms with Crippen LogP contribution in [0.2, 0.25) is 0 Å². The molecule has 0 aliphatic carbocycles. The van der Waals surface area contributed by atoms with Crippen LogP contribution in [0.1, 0.15) is 153 Å². The molecule has 46 heteroatoms. The van der Waals surface area contributed by atoms with Crippen LogP contribution in [0.3, 0.4) is 0 Å². The van der Waals surface area contributed by atoms with Gasteiger partial charge in [-0.05, 0) is 162 Å². The topological polar surface area (TPSA) is 639 Å². The summed E-state index contributed by atoms with van der Waals surface area (Å²) >= 11 is 0. The lowest BCUT2D eigenvalue weighted by molar-refractivity contribution is -0.140. The van der Waals surface area contributed by atoms with Crippen LogP contribution in [-0.4, -0.2) is 250 Å². The standard InChI is InChI=1S/C83H111N21O23S2/c1-6-7-8-13-70(108)98-61(19-24-71(109)110)78(116)100-62(20-25-72(111)112)79(117)99-60(77(115)87-31-30-85-68(106)15-10-39-127-59-42-52(4)74(53(5)43-59)129(124,125)102-64(81(120)121)49-95-76(114)55-17-22-66-57(45-55)47-97-104(66)37-12-27-89-83-92-34-35-93-83)18-23-69(107)86-29-28-84-67(105)14-9-38-126-58-40-50(2)73(51(3)41-58)128(122,123)101-63(80(118)119)48-94-75(113)54-16-21-65-56(44-54)46-96-103(65)36-11-26-88-82-90-32-33-91-82/h16-17,21-22,32-35,40-47,60-64,101-102H,6-15,18-20,23-31,36-39,48-49H2,1-5H3,(H,84,105)(H,85,106)(H,86,107)(H,87,115)(H,94,113)(H,95,114)(H,98,108)(H,99,117)(H,100,116)(H,109,110)(H,111,112)(H,118,119)(H,120,121)(H2,88,90,91)(H2,89,92,93)/t60?,61-,62+,63+,64-/m1/s1. The quantitative estimate of drug-likeness (QED) is 0.0243. The fourth-order valence-electron chi connectivity index (χ4n) is 13.7. The molecule has 0 bridgehead atoms. The van der Waals surface area contributed by atoms with Gasteiger partial charge in [0.2, 0.25) is 61.4 Å². The monoisotopic (exact) mass is 1830 g/mol. The van der Waals surface area contributed by atoms with Gasteiger partial charge in [0.05, 0.1) is 46.4 Å². The van der Waals surface area contributed by atoms with Crippen LogP contribution in [0.5, 0.6) is 11.5 Å². The number of anilines is 2. The number of benzene rings is 4. The summed E-state index contributed by atoms with van der Waals surface area (Å²) in [7, 11) is -9.05. The fourth-order valence-corrected chi connectivity index (χ4v) is 17.0. The Balaban J connectivity index is 0.779. The minimum absolute atomic E-state index is 0.00481. The molecule has 44 nitrogen and oxygen atoms in total. The number of amides is 9. The fraction of sp³-hybridized carbons (Fsp3) is 0.458. The number of rotatable bonds is 59. The van der Waals surface area contributed by atoms with Crippen LogP contribution in [0.4, 0.5) is 11.9 Å². The zero-order valence-corrected chi connectivity index (χ0v) is 73.6. The van der Waals surface area contributed by atoms with Gasteiger partial charge in [-0.3, -0.25) is 71.7 Å². The molecule has 0 spiro atoms. The first-order valence-electron chi connectivity index (χ1n) is 41.9. The SMILES string of the molecule is CCCCCC(=O)N[C@H](CCC(=O)O)C(=O)N[C@@H](CCC(=O)O)C(=O)NC(CCC(=O)NCCNC(=O)CCCOc1cc(C)c(S(=O)(=O)N[C@@H](CNC(=O)c2ccc3c(cnn3CCCNc3ncc[nH]3)c2)C(=O)O)c(C)c1)C(=O)NCCNC(=O)CCCOc1cc(C)c(S(=O)(=O)N[C@H](CNC(=O)c2ccc3c(cnn3CCCNc3ncc[nH]3)c2)C(=O)O)c(C)c1. The number of nitrogens with zero attached hydrogens (tertiary/aromatic N) is 6. The second-order valence-corrected chi connectivity index (χ2v) is 33.6. The van der Waals surface area contributed by atoms with E-state index in [1.165, 1.54) is 52.0 Å². The molecule has 19 N–H and O–H groups in total. The maximum atomic E-state index is 14.1. The summed E-state index contributed by atoms with van der Waals surface area (Å²) in [4.78, 5) is 182. The average molecular weight is 1840 g/mol. The van der Waals surface area contributed by atoms with Crippen molar-refractivity contribution in [3.05, 3.63) is 131 Å². The van der Waals surface area contributed by atoms with Gasteiger partial charge in [0, 0.05) is 151 Å². The number of carbonyl (C=O) groups is 13. The number of aromatic nitrogens is 8. The minimum Gasteiger partial charge on any atom is -0.494 e. The number of hydrogen-bond acceptors (Lipinski definition) is 25. The predicted molar refractivity (Wildman–Crippen MR) is 467 cm³/mol. The van der Waals surface area contributed by atoms with E-state index in [-0.39, 0.29) is 126 Å². The molecule has 0 fully saturated rings. The number of fused-ring (bicyclic) bond motifs is 2. The van der Waals surface area contributed by atoms with E-state index in [1.807, 2.05) is 6.92 Å². The van der Waals surface area contributed by atoms with Gasteiger partial charge >= 0.3 is 23.9 Å². The molecule has 4 aromatic heterocycles. The third-order valence-corrected chi connectivity index (χ3v) is 23.6. The molecule has 8 rings (SSSR count). The van der Waals surface area contributed by atoms with Gasteiger partial charge in [-0.25, -0.2) is 26.8 Å². The molecule has 0 saturated heterocycles. The van der Waals surface area contributed by atoms with Gasteiger partial charge in [0.15, 0.2) is 11.9 Å². The molecule has 698 valence electrons. The summed E-state index contributed by atoms with van der Waals surface area (Å²) in [5.41, 5.74) is 2.66. The van der Waals surface area contributed by atoms with E-state index in [9.17, 15) is 99.6 Å². The molecule has 1 unspecified atom stereocenters. The molecule has 129 heavy (non-hydrogen) atoms. The van der Waals surface area contributed by atoms with Crippen molar-refractivity contribution in [1.29, 1.82) is 0 Å². The Morgan fingerprint density at radius 3 is 1.21 bits per heavy atom. The number of imidazole rings is 2. The summed E-state index contributed by atoms with van der Waals surface area (Å²) < 4.78 is 74.8. The van der Waals surface area contributed by atoms with Crippen molar-refractivity contribution in [2.75, 3.05) is 76.2 Å². The number of carboxylic acids is 4. The summed E-state index contributed by atoms with van der Waals surface area (Å²) in [5, 5.41) is 78.4. The first-order valence-corrected chi connectivity index (χ1v) is 44.9. The van der Waals surface area contributed by atoms with Crippen LogP contribution in [0, 0.1) is 27.7 Å². The Morgan fingerprint density at radius 1 is 0.426 bits per heavy atom. The van der Waals surface area contributed by atoms with E-state index in [2.05, 4.69) is 98.1 Å². The molecule has 8 aromatic rings. The summed E-state index contributed by atoms with van der Waals surface area (Å²) in [6, 6.07) is 7.06. The lowest BCUT2D eigenvalue weighted by Gasteiger charge is -2.25. The first-order chi connectivity index (χ1) is 61.6. The number of aryl methyl sites for hydroxylation is 6. The summed E-state index contributed by atoms with van der Waals surface area (Å²) in [6.07, 6.45) is 10.2. The number of aliphatic carboxylic acids is 4. The molecule has 0 radical (unpaired) electrons. The lowest BCUT2D eigenvalue weighted by Crippen LogP contribution is -2.57. The Morgan fingerprint density at radius 2 is 0.814 bits per heavy atom. The van der Waals surface area contributed by atoms with Crippen LogP contribution < -0.4 is 77.4 Å². The highest BCUT2D eigenvalue weighted by atomic mass is 32.2. The van der Waals surface area contributed by atoms with Crippen molar-refractivity contribution in [3.63, 3.8) is 0 Å². The maximum absolute atomic E-state index is 14.1. The van der Waals surface area contributed by atoms with Crippen molar-refractivity contribution in [2.24, 2.45) is 0 Å². The number of nitrogens with one attached hydrogen (secondary N) is 15. The number of H-pyrrole nitrogens is 2. The number of aromatic amines is 2. The third-order valence-electron chi connectivity index (χ3n) is 20.0. The second kappa shape index (κ2) is 50.1. The molecule has 4 aromatic carbocycles. The molecule has 5 atom stereocenters. The number of carbonyl (C=O) groups excluding carboxylic acids is 9. The van der Waals surface area contributed by atoms with Gasteiger partial charge in [0.1, 0.15) is 41.7 Å². The smallest absolute Gasteiger partial charge is 0.323 e. The van der Waals surface area contributed by atoms with Gasteiger partial charge in [-0.15, -0.1) is 0 Å². The molecular formula is C83H111N21O23S2. The van der Waals surface area contributed by atoms with Crippen molar-refractivity contribution in [3.8, 4) is 11.5 Å². The number of carboxylic acid groups (broad SMARTS) is 4. The molecule has 0 aliphatic rings. The summed E-state index contributed by atoms with van der Waals surface area (Å²) in [6.45, 7) is 8.29. The van der Waals surface area contributed by atoms with E-state index in [0.29, 0.717) is 74.5 Å². The average Bonchev–Trinajstić information content (AvgIpc) is 1.73. The van der Waals surface area contributed by atoms with Gasteiger partial charge in [-0.1, -0.05) is 19.8 Å². The summed E-state index contributed by atoms with van der Waals surface area (Å²) in [5.74, 6) is -10.6. The zero-order chi connectivity index (χ0) is 93.7. The Hall–Kier alpha value is -13.6. The molecule has 0 aliphatic heterocycles. The van der Waals surface area contributed by atoms with Gasteiger partial charge in [0.25, 0.3) is 11.8 Å². The van der Waals surface area contributed by atoms with Crippen LogP contribution in [0.25, 0.3) is 21.8 Å². The normalized spacial score (nSPS) is 12.6. The van der Waals surface area contributed by atoms with E-state index in [4.69, 9.17) is 9.47 Å². The predicted octanol–water partition coefficient (Wildman–Crippen LogP) is 2.42. The van der Waals surface area contributed by atoms with E-state index in [1.54, 1.807) is 82.9 Å². The Labute approximate surface area is 742 Å². The number of unbranched alkanes of at least 4 members (excludes halogenated alkanes) is 2. The largest absolute Gasteiger partial charge is 0.494 e. The highest BCUT2D eigenvalue weighted by Crippen LogP contribution is 2.29. The van der Waals surface area contributed by atoms with Crippen LogP contribution in [0.15, 0.2) is 108 Å². The Bertz CT molecular complexity index is 5430. The van der Waals surface area contributed by atoms with Gasteiger partial charge < -0.3 is 98.4 Å². The third kappa shape index (κ3) is 32.6. The Kier molecular flexibility index (Phi) is 39.1. The van der Waals surface area contributed by atoms with Crippen molar-refractivity contribution in [2.45, 2.75) is 190 Å². The molecule has 4 heterocycles. The minimum atomic E-state index is -4.53. The first kappa shape index (κ1) is 101. The second-order valence-electron chi connectivity index (χ2n) is 30.3. The number of hydrogen-bond donors (Lipinski definition) is 19. The van der Waals surface area contributed by atoms with Crippen molar-refractivity contribution >= 4 is 131 Å². The van der Waals surface area contributed by atoms with Crippen LogP contribution in [-0.2, 0) is 85.9 Å². The number of sulfonamides is 2. The molecule has 9 amide bonds. The van der Waals surface area contributed by atoms with Crippen molar-refractivity contribution in [1.82, 2.24) is 96.8 Å². The maximum Gasteiger partial charge on any atom is 0.323 e. The van der Waals surface area contributed by atoms with Crippen molar-refractivity contribution < 1.29 is 109 Å². The van der Waals surface area contributed by atoms with E-state index >= 15 is 0 Å². The molecular weight excluding hydrogens is 1720 g/mol. The van der Waals surface area contributed by atoms with Crippen LogP contribution >= 0.6 is 0 Å². The highest BCUT2D eigenvalue weighted by Gasteiger charge is 2.34. The zero-order valence-electron chi connectivity index (χ0n) is 72.0. The van der Waals surface area contributed by atoms with E-state index < -0.39 is 179 Å².